The minimum absolute atomic E-state index is 1.02. The van der Waals surface area contributed by atoms with E-state index >= 15 is 0 Å². The molecule has 0 fully saturated rings. The van der Waals surface area contributed by atoms with Crippen LogP contribution in [0.25, 0.3) is 22.3 Å². The standard InChI is InChI=1S/C34H23N/c1-3-10-25-20(6-1)16-22-12-13-27-26-14-15-32-29(28(26)19-30(27)33(22)25)18-24-9-5-8-23-17-21-7-2-4-11-31(21)35(32)34(23)24/h1-15H,16-19H2. The van der Waals surface area contributed by atoms with Crippen molar-refractivity contribution in [2.45, 2.75) is 25.7 Å². The van der Waals surface area contributed by atoms with E-state index in [9.17, 15) is 0 Å². The highest BCUT2D eigenvalue weighted by Crippen LogP contribution is 2.55. The summed E-state index contributed by atoms with van der Waals surface area (Å²) in [6, 6.07) is 34.4. The number of benzene rings is 5. The quantitative estimate of drug-likeness (QED) is 0.228. The molecular formula is C34H23N. The molecule has 2 aliphatic carbocycles. The molecule has 4 aliphatic rings. The molecule has 2 aliphatic heterocycles. The third-order valence-electron chi connectivity index (χ3n) is 8.77. The lowest BCUT2D eigenvalue weighted by atomic mass is 9.84. The smallest absolute Gasteiger partial charge is 0.0532 e. The van der Waals surface area contributed by atoms with E-state index in [0.29, 0.717) is 0 Å². The monoisotopic (exact) mass is 445 g/mol. The topological polar surface area (TPSA) is 3.24 Å². The lowest BCUT2D eigenvalue weighted by molar-refractivity contribution is 0.997. The van der Waals surface area contributed by atoms with E-state index in [-0.39, 0.29) is 0 Å². The van der Waals surface area contributed by atoms with Crippen LogP contribution >= 0.6 is 0 Å². The second-order valence-electron chi connectivity index (χ2n) is 10.5. The van der Waals surface area contributed by atoms with Gasteiger partial charge in [-0.3, -0.25) is 0 Å². The molecule has 0 saturated carbocycles. The SMILES string of the molecule is c1ccc2c(c1)Cc1ccc3c(c1-2)Cc1c-3ccc2c1Cc1cccc3c1N2c1ccccc1C3. The van der Waals surface area contributed by atoms with Gasteiger partial charge in [-0.25, -0.2) is 0 Å². The highest BCUT2D eigenvalue weighted by atomic mass is 15.2. The van der Waals surface area contributed by atoms with Crippen LogP contribution in [0.2, 0.25) is 0 Å². The molecular weight excluding hydrogens is 422 g/mol. The van der Waals surface area contributed by atoms with E-state index in [1.807, 2.05) is 0 Å². The predicted molar refractivity (Wildman–Crippen MR) is 143 cm³/mol. The van der Waals surface area contributed by atoms with Crippen LogP contribution in [0.4, 0.5) is 17.1 Å². The van der Waals surface area contributed by atoms with Crippen molar-refractivity contribution in [1.29, 1.82) is 0 Å². The zero-order valence-corrected chi connectivity index (χ0v) is 19.4. The Morgan fingerprint density at radius 1 is 0.400 bits per heavy atom. The van der Waals surface area contributed by atoms with Gasteiger partial charge in [0, 0.05) is 18.5 Å². The molecule has 0 N–H and O–H groups in total. The lowest BCUT2D eigenvalue weighted by Gasteiger charge is -2.40. The summed E-state index contributed by atoms with van der Waals surface area (Å²) in [4.78, 5) is 2.56. The Kier molecular flexibility index (Phi) is 3.29. The molecule has 1 nitrogen and oxygen atoms in total. The largest absolute Gasteiger partial charge is 0.309 e. The highest BCUT2D eigenvalue weighted by molar-refractivity contribution is 5.95. The van der Waals surface area contributed by atoms with Crippen LogP contribution in [-0.2, 0) is 25.7 Å². The van der Waals surface area contributed by atoms with Crippen molar-refractivity contribution in [3.63, 3.8) is 0 Å². The van der Waals surface area contributed by atoms with Gasteiger partial charge in [-0.15, -0.1) is 0 Å². The second kappa shape index (κ2) is 6.31. The normalized spacial score (nSPS) is 14.9. The van der Waals surface area contributed by atoms with Gasteiger partial charge < -0.3 is 4.90 Å². The molecule has 0 aromatic heterocycles. The number of hydrogen-bond acceptors (Lipinski definition) is 1. The average molecular weight is 446 g/mol. The van der Waals surface area contributed by atoms with Crippen LogP contribution in [0.1, 0.15) is 44.5 Å². The van der Waals surface area contributed by atoms with Crippen molar-refractivity contribution < 1.29 is 0 Å². The molecule has 0 atom stereocenters. The van der Waals surface area contributed by atoms with Crippen LogP contribution in [0, 0.1) is 0 Å². The first-order valence-electron chi connectivity index (χ1n) is 12.7. The fourth-order valence-corrected chi connectivity index (χ4v) is 7.32. The van der Waals surface area contributed by atoms with Gasteiger partial charge in [0.2, 0.25) is 0 Å². The minimum Gasteiger partial charge on any atom is -0.309 e. The van der Waals surface area contributed by atoms with Gasteiger partial charge >= 0.3 is 0 Å². The Hall–Kier alpha value is -4.10. The number of nitrogens with zero attached hydrogens (tertiary/aromatic N) is 1. The van der Waals surface area contributed by atoms with Crippen molar-refractivity contribution >= 4 is 17.1 Å². The van der Waals surface area contributed by atoms with Crippen LogP contribution in [0.15, 0.2) is 91.0 Å². The molecule has 2 heterocycles. The molecule has 0 amide bonds. The molecule has 164 valence electrons. The van der Waals surface area contributed by atoms with E-state index in [4.69, 9.17) is 0 Å². The van der Waals surface area contributed by atoms with Crippen molar-refractivity contribution in [3.8, 4) is 22.3 Å². The van der Waals surface area contributed by atoms with Crippen molar-refractivity contribution in [2.24, 2.45) is 0 Å². The van der Waals surface area contributed by atoms with Gasteiger partial charge in [0.1, 0.15) is 0 Å². The number of para-hydroxylation sites is 2. The van der Waals surface area contributed by atoms with Crippen LogP contribution in [0.5, 0.6) is 0 Å². The molecule has 5 aromatic carbocycles. The van der Waals surface area contributed by atoms with E-state index in [0.717, 1.165) is 25.7 Å². The lowest BCUT2D eigenvalue weighted by Crippen LogP contribution is -2.25. The second-order valence-corrected chi connectivity index (χ2v) is 10.5. The molecule has 0 spiro atoms. The Balaban J connectivity index is 1.28. The maximum absolute atomic E-state index is 2.56. The first-order valence-corrected chi connectivity index (χ1v) is 12.7. The first kappa shape index (κ1) is 18.3. The summed E-state index contributed by atoms with van der Waals surface area (Å²) in [6.07, 6.45) is 4.14. The zero-order chi connectivity index (χ0) is 22.7. The Morgan fingerprint density at radius 2 is 1.11 bits per heavy atom. The maximum Gasteiger partial charge on any atom is 0.0532 e. The average Bonchev–Trinajstić information content (AvgIpc) is 3.47. The van der Waals surface area contributed by atoms with Gasteiger partial charge in [-0.2, -0.15) is 0 Å². The van der Waals surface area contributed by atoms with E-state index in [1.165, 1.54) is 83.8 Å². The molecule has 35 heavy (non-hydrogen) atoms. The maximum atomic E-state index is 2.56. The summed E-state index contributed by atoms with van der Waals surface area (Å²) < 4.78 is 0. The molecule has 1 heteroatoms. The van der Waals surface area contributed by atoms with Crippen molar-refractivity contribution in [3.05, 3.63) is 136 Å². The Bertz CT molecular complexity index is 1760. The summed E-state index contributed by atoms with van der Waals surface area (Å²) in [6.45, 7) is 0. The van der Waals surface area contributed by atoms with Crippen molar-refractivity contribution in [1.82, 2.24) is 0 Å². The molecule has 0 bridgehead atoms. The third-order valence-corrected chi connectivity index (χ3v) is 8.77. The van der Waals surface area contributed by atoms with Crippen LogP contribution in [-0.4, -0.2) is 0 Å². The summed E-state index contributed by atoms with van der Waals surface area (Å²) in [5, 5.41) is 0. The predicted octanol–water partition coefficient (Wildman–Crippen LogP) is 8.11. The van der Waals surface area contributed by atoms with Gasteiger partial charge in [0.25, 0.3) is 0 Å². The fourth-order valence-electron chi connectivity index (χ4n) is 7.32. The van der Waals surface area contributed by atoms with Gasteiger partial charge in [-0.1, -0.05) is 78.9 Å². The van der Waals surface area contributed by atoms with E-state index in [1.54, 1.807) is 0 Å². The summed E-state index contributed by atoms with van der Waals surface area (Å²) in [5.74, 6) is 0. The van der Waals surface area contributed by atoms with Crippen LogP contribution < -0.4 is 4.90 Å². The Morgan fingerprint density at radius 3 is 2.06 bits per heavy atom. The Labute approximate surface area is 205 Å². The van der Waals surface area contributed by atoms with Gasteiger partial charge in [0.15, 0.2) is 0 Å². The molecule has 9 rings (SSSR count). The summed E-state index contributed by atoms with van der Waals surface area (Å²) in [5.41, 5.74) is 21.9. The molecule has 0 saturated heterocycles. The van der Waals surface area contributed by atoms with E-state index in [2.05, 4.69) is 95.9 Å². The van der Waals surface area contributed by atoms with Crippen LogP contribution in [0.3, 0.4) is 0 Å². The van der Waals surface area contributed by atoms with Gasteiger partial charge in [0.05, 0.1) is 11.4 Å². The van der Waals surface area contributed by atoms with Crippen molar-refractivity contribution in [2.75, 3.05) is 4.90 Å². The zero-order valence-electron chi connectivity index (χ0n) is 19.4. The number of rotatable bonds is 0. The molecule has 0 unspecified atom stereocenters. The number of fused-ring (bicyclic) bond motifs is 12. The molecule has 5 aromatic rings. The summed E-state index contributed by atoms with van der Waals surface area (Å²) >= 11 is 0. The first-order chi connectivity index (χ1) is 17.3. The van der Waals surface area contributed by atoms with Gasteiger partial charge in [-0.05, 0) is 91.7 Å². The third kappa shape index (κ3) is 2.24. The summed E-state index contributed by atoms with van der Waals surface area (Å²) in [7, 11) is 0. The molecule has 0 radical (unpaired) electrons. The minimum atomic E-state index is 1.02. The highest BCUT2D eigenvalue weighted by Gasteiger charge is 2.35. The number of hydrogen-bond donors (Lipinski definition) is 0. The number of anilines is 3. The fraction of sp³-hybridized carbons (Fsp3) is 0.118. The van der Waals surface area contributed by atoms with E-state index < -0.39 is 0 Å².